The molecule has 1 rings (SSSR count). The van der Waals surface area contributed by atoms with Crippen LogP contribution in [0.4, 0.5) is 4.79 Å². The van der Waals surface area contributed by atoms with Crippen LogP contribution in [0.2, 0.25) is 0 Å². The van der Waals surface area contributed by atoms with Crippen LogP contribution in [-0.4, -0.2) is 23.2 Å². The third-order valence-corrected chi connectivity index (χ3v) is 5.40. The molecule has 1 amide bonds. The van der Waals surface area contributed by atoms with E-state index in [0.29, 0.717) is 6.42 Å². The molecule has 1 unspecified atom stereocenters. The van der Waals surface area contributed by atoms with Crippen LogP contribution < -0.4 is 5.32 Å². The minimum atomic E-state index is -1.01. The topological polar surface area (TPSA) is 75.6 Å². The third-order valence-electron chi connectivity index (χ3n) is 5.40. The molecule has 1 atom stereocenters. The molecule has 0 aliphatic rings. The number of carboxylic acid groups (broad SMARTS) is 1. The van der Waals surface area contributed by atoms with Gasteiger partial charge in [0.1, 0.15) is 12.6 Å². The van der Waals surface area contributed by atoms with E-state index in [2.05, 4.69) is 12.2 Å². The summed E-state index contributed by atoms with van der Waals surface area (Å²) >= 11 is 0. The van der Waals surface area contributed by atoms with E-state index in [1.54, 1.807) is 0 Å². The molecule has 0 aromatic heterocycles. The Labute approximate surface area is 182 Å². The van der Waals surface area contributed by atoms with Crippen molar-refractivity contribution in [1.82, 2.24) is 5.32 Å². The Morgan fingerprint density at radius 1 is 0.833 bits per heavy atom. The Bertz CT molecular complexity index is 562. The van der Waals surface area contributed by atoms with Gasteiger partial charge in [0, 0.05) is 0 Å². The van der Waals surface area contributed by atoms with E-state index in [-0.39, 0.29) is 6.61 Å². The lowest BCUT2D eigenvalue weighted by Gasteiger charge is -2.14. The SMILES string of the molecule is CCCCCCCCCCCCCCCC(NC(=O)OCc1ccccc1)C(=O)O. The van der Waals surface area contributed by atoms with Crippen LogP contribution in [0.25, 0.3) is 0 Å². The van der Waals surface area contributed by atoms with Crippen molar-refractivity contribution in [3.63, 3.8) is 0 Å². The smallest absolute Gasteiger partial charge is 0.408 e. The highest BCUT2D eigenvalue weighted by Crippen LogP contribution is 2.13. The van der Waals surface area contributed by atoms with E-state index >= 15 is 0 Å². The molecule has 170 valence electrons. The van der Waals surface area contributed by atoms with Crippen LogP contribution in [0.15, 0.2) is 30.3 Å². The molecule has 0 aliphatic heterocycles. The molecule has 0 heterocycles. The molecule has 5 nitrogen and oxygen atoms in total. The van der Waals surface area contributed by atoms with Gasteiger partial charge in [0.05, 0.1) is 0 Å². The number of nitrogens with one attached hydrogen (secondary N) is 1. The first kappa shape index (κ1) is 26.0. The predicted molar refractivity (Wildman–Crippen MR) is 121 cm³/mol. The van der Waals surface area contributed by atoms with Gasteiger partial charge in [-0.3, -0.25) is 0 Å². The number of unbranched alkanes of at least 4 members (excludes halogenated alkanes) is 12. The van der Waals surface area contributed by atoms with Crippen LogP contribution in [0.3, 0.4) is 0 Å². The fraction of sp³-hybridized carbons (Fsp3) is 0.680. The zero-order chi connectivity index (χ0) is 21.9. The van der Waals surface area contributed by atoms with E-state index in [4.69, 9.17) is 4.74 Å². The van der Waals surface area contributed by atoms with Crippen molar-refractivity contribution in [2.24, 2.45) is 0 Å². The molecule has 1 aromatic rings. The van der Waals surface area contributed by atoms with Crippen molar-refractivity contribution >= 4 is 12.1 Å². The van der Waals surface area contributed by atoms with Gasteiger partial charge < -0.3 is 15.2 Å². The Kier molecular flexibility index (Phi) is 15.4. The molecule has 0 saturated carbocycles. The fourth-order valence-corrected chi connectivity index (χ4v) is 3.53. The van der Waals surface area contributed by atoms with Crippen molar-refractivity contribution in [2.45, 2.75) is 109 Å². The maximum absolute atomic E-state index is 11.9. The number of hydrogen-bond donors (Lipinski definition) is 2. The number of carbonyl (C=O) groups is 2. The van der Waals surface area contributed by atoms with Crippen molar-refractivity contribution in [2.75, 3.05) is 0 Å². The molecule has 2 N–H and O–H groups in total. The number of benzene rings is 1. The van der Waals surface area contributed by atoms with Gasteiger partial charge in [-0.05, 0) is 12.0 Å². The highest BCUT2D eigenvalue weighted by Gasteiger charge is 2.20. The summed E-state index contributed by atoms with van der Waals surface area (Å²) in [6.45, 7) is 2.39. The molecule has 1 aromatic carbocycles. The summed E-state index contributed by atoms with van der Waals surface area (Å²) in [6.07, 6.45) is 16.0. The maximum Gasteiger partial charge on any atom is 0.408 e. The van der Waals surface area contributed by atoms with Crippen molar-refractivity contribution in [1.29, 1.82) is 0 Å². The van der Waals surface area contributed by atoms with E-state index < -0.39 is 18.1 Å². The zero-order valence-electron chi connectivity index (χ0n) is 18.7. The summed E-state index contributed by atoms with van der Waals surface area (Å²) in [4.78, 5) is 23.3. The van der Waals surface area contributed by atoms with Gasteiger partial charge >= 0.3 is 12.1 Å². The molecule has 5 heteroatoms. The summed E-state index contributed by atoms with van der Waals surface area (Å²) in [5.41, 5.74) is 0.871. The number of amides is 1. The van der Waals surface area contributed by atoms with E-state index in [0.717, 1.165) is 24.8 Å². The van der Waals surface area contributed by atoms with Crippen molar-refractivity contribution in [3.8, 4) is 0 Å². The van der Waals surface area contributed by atoms with Gasteiger partial charge in [-0.1, -0.05) is 121 Å². The Morgan fingerprint density at radius 2 is 1.33 bits per heavy atom. The lowest BCUT2D eigenvalue weighted by atomic mass is 10.0. The summed E-state index contributed by atoms with van der Waals surface area (Å²) in [5.74, 6) is -1.01. The Morgan fingerprint density at radius 3 is 1.83 bits per heavy atom. The predicted octanol–water partition coefficient (Wildman–Crippen LogP) is 6.85. The highest BCUT2D eigenvalue weighted by atomic mass is 16.5. The number of aliphatic carboxylic acids is 1. The fourth-order valence-electron chi connectivity index (χ4n) is 3.53. The minimum absolute atomic E-state index is 0.137. The number of carboxylic acids is 1. The van der Waals surface area contributed by atoms with Crippen LogP contribution in [-0.2, 0) is 16.1 Å². The van der Waals surface area contributed by atoms with E-state index in [9.17, 15) is 14.7 Å². The second-order valence-corrected chi connectivity index (χ2v) is 8.13. The van der Waals surface area contributed by atoms with Crippen LogP contribution >= 0.6 is 0 Å². The van der Waals surface area contributed by atoms with Gasteiger partial charge in [-0.2, -0.15) is 0 Å². The lowest BCUT2D eigenvalue weighted by molar-refractivity contribution is -0.139. The monoisotopic (exact) mass is 419 g/mol. The van der Waals surface area contributed by atoms with Gasteiger partial charge in [0.2, 0.25) is 0 Å². The maximum atomic E-state index is 11.9. The first-order valence-corrected chi connectivity index (χ1v) is 11.8. The molecule has 0 aliphatic carbocycles. The van der Waals surface area contributed by atoms with Gasteiger partial charge in [-0.15, -0.1) is 0 Å². The number of alkyl carbamates (subject to hydrolysis) is 1. The lowest BCUT2D eigenvalue weighted by Crippen LogP contribution is -2.40. The Hall–Kier alpha value is -2.04. The number of carbonyl (C=O) groups excluding carboxylic acids is 1. The average molecular weight is 420 g/mol. The second kappa shape index (κ2) is 17.8. The summed E-state index contributed by atoms with van der Waals surface area (Å²) in [5, 5.41) is 11.8. The summed E-state index contributed by atoms with van der Waals surface area (Å²) in [6, 6.07) is 8.45. The molecule has 0 fully saturated rings. The normalized spacial score (nSPS) is 11.8. The van der Waals surface area contributed by atoms with Crippen LogP contribution in [0.5, 0.6) is 0 Å². The van der Waals surface area contributed by atoms with Crippen LogP contribution in [0.1, 0.15) is 102 Å². The molecular formula is C25H41NO4. The minimum Gasteiger partial charge on any atom is -0.480 e. The van der Waals surface area contributed by atoms with Gasteiger partial charge in [0.15, 0.2) is 0 Å². The van der Waals surface area contributed by atoms with Gasteiger partial charge in [-0.25, -0.2) is 9.59 Å². The molecule has 0 radical (unpaired) electrons. The average Bonchev–Trinajstić information content (AvgIpc) is 2.75. The first-order valence-electron chi connectivity index (χ1n) is 11.8. The van der Waals surface area contributed by atoms with Crippen molar-refractivity contribution < 1.29 is 19.4 Å². The zero-order valence-corrected chi connectivity index (χ0v) is 18.7. The molecule has 30 heavy (non-hydrogen) atoms. The quantitative estimate of drug-likeness (QED) is 0.255. The third kappa shape index (κ3) is 14.0. The number of ether oxygens (including phenoxy) is 1. The number of hydrogen-bond acceptors (Lipinski definition) is 3. The molecule has 0 spiro atoms. The largest absolute Gasteiger partial charge is 0.480 e. The standard InChI is InChI=1S/C25H41NO4/c1-2-3-4-5-6-7-8-9-10-11-12-13-17-20-23(24(27)28)26-25(29)30-21-22-18-15-14-16-19-22/h14-16,18-19,23H,2-13,17,20-21H2,1H3,(H,26,29)(H,27,28). The molecular weight excluding hydrogens is 378 g/mol. The molecule has 0 saturated heterocycles. The highest BCUT2D eigenvalue weighted by molar-refractivity contribution is 5.79. The summed E-state index contributed by atoms with van der Waals surface area (Å²) < 4.78 is 5.11. The Balaban J connectivity index is 2.02. The first-order chi connectivity index (χ1) is 14.6. The van der Waals surface area contributed by atoms with E-state index in [1.165, 1.54) is 64.2 Å². The van der Waals surface area contributed by atoms with Gasteiger partial charge in [0.25, 0.3) is 0 Å². The summed E-state index contributed by atoms with van der Waals surface area (Å²) in [7, 11) is 0. The second-order valence-electron chi connectivity index (χ2n) is 8.13. The van der Waals surface area contributed by atoms with Crippen LogP contribution in [0, 0.1) is 0 Å². The number of rotatable bonds is 18. The van der Waals surface area contributed by atoms with Crippen molar-refractivity contribution in [3.05, 3.63) is 35.9 Å². The molecule has 0 bridgehead atoms. The van der Waals surface area contributed by atoms with E-state index in [1.807, 2.05) is 30.3 Å².